The smallest absolute Gasteiger partial charge is 0.255 e. The van der Waals surface area contributed by atoms with Crippen molar-refractivity contribution in [2.75, 3.05) is 26.2 Å². The van der Waals surface area contributed by atoms with Gasteiger partial charge in [0, 0.05) is 29.7 Å². The molecule has 0 saturated carbocycles. The van der Waals surface area contributed by atoms with Crippen molar-refractivity contribution < 1.29 is 4.79 Å². The van der Waals surface area contributed by atoms with Gasteiger partial charge < -0.3 is 4.90 Å². The van der Waals surface area contributed by atoms with Gasteiger partial charge in [0.15, 0.2) is 0 Å². The Morgan fingerprint density at radius 3 is 2.62 bits per heavy atom. The summed E-state index contributed by atoms with van der Waals surface area (Å²) in [6.45, 7) is 7.00. The first-order chi connectivity index (χ1) is 10.1. The van der Waals surface area contributed by atoms with Gasteiger partial charge in [-0.3, -0.25) is 9.69 Å². The van der Waals surface area contributed by atoms with E-state index in [2.05, 4.69) is 33.6 Å². The summed E-state index contributed by atoms with van der Waals surface area (Å²) in [6.07, 6.45) is 0.834. The molecule has 1 fully saturated rings. The van der Waals surface area contributed by atoms with Crippen LogP contribution in [-0.2, 0) is 0 Å². The predicted molar refractivity (Wildman–Crippen MR) is 91.1 cm³/mol. The number of aryl methyl sites for hydroxylation is 1. The summed E-state index contributed by atoms with van der Waals surface area (Å²) in [7, 11) is 0. The molecule has 1 saturated heterocycles. The topological polar surface area (TPSA) is 47.3 Å². The predicted octanol–water partition coefficient (Wildman–Crippen LogP) is 2.66. The number of nitrogens with zero attached hydrogens (tertiary/aromatic N) is 3. The van der Waals surface area contributed by atoms with Crippen molar-refractivity contribution in [3.05, 3.63) is 32.9 Å². The maximum absolute atomic E-state index is 12.6. The van der Waals surface area contributed by atoms with Gasteiger partial charge in [0.1, 0.15) is 0 Å². The van der Waals surface area contributed by atoms with Crippen molar-refractivity contribution in [2.45, 2.75) is 26.3 Å². The highest BCUT2D eigenvalue weighted by Crippen LogP contribution is 2.19. The van der Waals surface area contributed by atoms with E-state index in [1.807, 2.05) is 36.9 Å². The molecule has 1 amide bonds. The second-order valence-corrected chi connectivity index (χ2v) is 6.40. The largest absolute Gasteiger partial charge is 0.336 e. The molecule has 4 nitrogen and oxygen atoms in total. The first-order valence-electron chi connectivity index (χ1n) is 7.26. The minimum absolute atomic E-state index is 0.0265. The number of carbonyl (C=O) groups excluding carboxylic acids is 1. The average Bonchev–Trinajstić information content (AvgIpc) is 2.51. The number of benzene rings is 1. The molecule has 0 spiro atoms. The van der Waals surface area contributed by atoms with E-state index < -0.39 is 0 Å². The van der Waals surface area contributed by atoms with Crippen LogP contribution in [-0.4, -0.2) is 47.9 Å². The number of halogens is 1. The fourth-order valence-corrected chi connectivity index (χ4v) is 3.24. The molecule has 112 valence electrons. The molecule has 5 heteroatoms. The van der Waals surface area contributed by atoms with Gasteiger partial charge in [0.2, 0.25) is 0 Å². The van der Waals surface area contributed by atoms with Crippen LogP contribution in [0.5, 0.6) is 0 Å². The lowest BCUT2D eigenvalue weighted by Crippen LogP contribution is -2.51. The molecule has 0 N–H and O–H groups in total. The molecule has 0 aliphatic carbocycles. The third-order valence-corrected chi connectivity index (χ3v) is 5.43. The van der Waals surface area contributed by atoms with Crippen molar-refractivity contribution >= 4 is 28.5 Å². The second kappa shape index (κ2) is 7.23. The molecule has 1 unspecified atom stereocenters. The van der Waals surface area contributed by atoms with E-state index in [4.69, 9.17) is 5.26 Å². The molecule has 0 radical (unpaired) electrons. The van der Waals surface area contributed by atoms with E-state index in [1.54, 1.807) is 0 Å². The molecular weight excluding hydrogens is 377 g/mol. The molecule has 1 aliphatic rings. The standard InChI is InChI=1S/C16H20IN3O/c1-3-13(11-18)19-7-9-20(10-8-19)16(21)14-6-4-5-12(2)15(14)17/h4-6,13H,3,7-10H2,1-2H3. The minimum atomic E-state index is -0.0265. The zero-order valence-electron chi connectivity index (χ0n) is 12.5. The van der Waals surface area contributed by atoms with E-state index in [-0.39, 0.29) is 11.9 Å². The average molecular weight is 397 g/mol. The van der Waals surface area contributed by atoms with Gasteiger partial charge in [0.05, 0.1) is 17.7 Å². The third kappa shape index (κ3) is 3.55. The van der Waals surface area contributed by atoms with Crippen molar-refractivity contribution in [3.63, 3.8) is 0 Å². The molecular formula is C16H20IN3O. The highest BCUT2D eigenvalue weighted by Gasteiger charge is 2.26. The summed E-state index contributed by atoms with van der Waals surface area (Å²) >= 11 is 2.24. The SMILES string of the molecule is CCC(C#N)N1CCN(C(=O)c2cccc(C)c2I)CC1. The number of piperazine rings is 1. The molecule has 1 aromatic carbocycles. The molecule has 2 rings (SSSR count). The molecule has 1 aliphatic heterocycles. The fraction of sp³-hybridized carbons (Fsp3) is 0.500. The fourth-order valence-electron chi connectivity index (χ4n) is 2.65. The van der Waals surface area contributed by atoms with Gasteiger partial charge >= 0.3 is 0 Å². The molecule has 0 aromatic heterocycles. The number of hydrogen-bond acceptors (Lipinski definition) is 3. The van der Waals surface area contributed by atoms with Crippen LogP contribution >= 0.6 is 22.6 Å². The van der Waals surface area contributed by atoms with E-state index in [0.29, 0.717) is 13.1 Å². The summed E-state index contributed by atoms with van der Waals surface area (Å²) in [5, 5.41) is 9.13. The summed E-state index contributed by atoms with van der Waals surface area (Å²) in [4.78, 5) is 16.7. The Hall–Kier alpha value is -1.13. The summed E-state index contributed by atoms with van der Waals surface area (Å²) in [5.41, 5.74) is 1.92. The third-order valence-electron chi connectivity index (χ3n) is 4.00. The van der Waals surface area contributed by atoms with Crippen LogP contribution in [0.25, 0.3) is 0 Å². The summed E-state index contributed by atoms with van der Waals surface area (Å²) in [5.74, 6) is 0.104. The van der Waals surface area contributed by atoms with Crippen LogP contribution in [0.4, 0.5) is 0 Å². The lowest BCUT2D eigenvalue weighted by molar-refractivity contribution is 0.0603. The van der Waals surface area contributed by atoms with Crippen LogP contribution in [0, 0.1) is 21.8 Å². The van der Waals surface area contributed by atoms with Crippen molar-refractivity contribution in [3.8, 4) is 6.07 Å². The first-order valence-corrected chi connectivity index (χ1v) is 8.34. The van der Waals surface area contributed by atoms with Crippen LogP contribution in [0.3, 0.4) is 0 Å². The Kier molecular flexibility index (Phi) is 5.59. The Bertz CT molecular complexity index is 559. The molecule has 1 heterocycles. The Balaban J connectivity index is 2.04. The molecule has 21 heavy (non-hydrogen) atoms. The second-order valence-electron chi connectivity index (χ2n) is 5.32. The molecule has 1 aromatic rings. The van der Waals surface area contributed by atoms with Crippen LogP contribution < -0.4 is 0 Å². The maximum Gasteiger partial charge on any atom is 0.255 e. The van der Waals surface area contributed by atoms with E-state index in [0.717, 1.165) is 34.2 Å². The minimum Gasteiger partial charge on any atom is -0.336 e. The first kappa shape index (κ1) is 16.2. The van der Waals surface area contributed by atoms with Gasteiger partial charge in [0.25, 0.3) is 5.91 Å². The highest BCUT2D eigenvalue weighted by atomic mass is 127. The number of carbonyl (C=O) groups is 1. The number of nitriles is 1. The summed E-state index contributed by atoms with van der Waals surface area (Å²) < 4.78 is 1.03. The number of rotatable bonds is 3. The van der Waals surface area contributed by atoms with E-state index in [1.165, 1.54) is 0 Å². The maximum atomic E-state index is 12.6. The van der Waals surface area contributed by atoms with Crippen molar-refractivity contribution in [1.82, 2.24) is 9.80 Å². The quantitative estimate of drug-likeness (QED) is 0.737. The van der Waals surface area contributed by atoms with E-state index >= 15 is 0 Å². The van der Waals surface area contributed by atoms with Crippen LogP contribution in [0.1, 0.15) is 29.3 Å². The lowest BCUT2D eigenvalue weighted by atomic mass is 10.1. The monoisotopic (exact) mass is 397 g/mol. The lowest BCUT2D eigenvalue weighted by Gasteiger charge is -2.36. The van der Waals surface area contributed by atoms with Crippen LogP contribution in [0.2, 0.25) is 0 Å². The van der Waals surface area contributed by atoms with Crippen LogP contribution in [0.15, 0.2) is 18.2 Å². The van der Waals surface area contributed by atoms with Gasteiger partial charge in [-0.2, -0.15) is 5.26 Å². The van der Waals surface area contributed by atoms with Gasteiger partial charge in [-0.15, -0.1) is 0 Å². The number of amides is 1. The highest BCUT2D eigenvalue weighted by molar-refractivity contribution is 14.1. The Labute approximate surface area is 139 Å². The van der Waals surface area contributed by atoms with Gasteiger partial charge in [-0.1, -0.05) is 19.1 Å². The molecule has 1 atom stereocenters. The summed E-state index contributed by atoms with van der Waals surface area (Å²) in [6, 6.07) is 8.16. The van der Waals surface area contributed by atoms with Crippen molar-refractivity contribution in [2.24, 2.45) is 0 Å². The van der Waals surface area contributed by atoms with Crippen molar-refractivity contribution in [1.29, 1.82) is 5.26 Å². The van der Waals surface area contributed by atoms with Gasteiger partial charge in [-0.25, -0.2) is 0 Å². The zero-order chi connectivity index (χ0) is 15.4. The zero-order valence-corrected chi connectivity index (χ0v) is 14.6. The van der Waals surface area contributed by atoms with Gasteiger partial charge in [-0.05, 0) is 47.6 Å². The number of hydrogen-bond donors (Lipinski definition) is 0. The Morgan fingerprint density at radius 2 is 2.05 bits per heavy atom. The normalized spacial score (nSPS) is 17.3. The molecule has 0 bridgehead atoms. The Morgan fingerprint density at radius 1 is 1.38 bits per heavy atom. The van der Waals surface area contributed by atoms with E-state index in [9.17, 15) is 4.79 Å².